The average molecular weight is 366 g/mol. The Morgan fingerprint density at radius 3 is 1.88 bits per heavy atom. The van der Waals surface area contributed by atoms with Crippen molar-refractivity contribution in [3.05, 3.63) is 0 Å². The summed E-state index contributed by atoms with van der Waals surface area (Å²) in [6.45, 7) is 5.38. The molecule has 1 atom stereocenters. The van der Waals surface area contributed by atoms with Crippen LogP contribution >= 0.6 is 28.5 Å². The summed E-state index contributed by atoms with van der Waals surface area (Å²) in [6, 6.07) is 0. The topological polar surface area (TPSA) is 75.0 Å². The van der Waals surface area contributed by atoms with Gasteiger partial charge in [-0.05, 0) is 22.0 Å². The molecule has 0 aliphatic rings. The van der Waals surface area contributed by atoms with Gasteiger partial charge in [-0.15, -0.1) is 0 Å². The van der Waals surface area contributed by atoms with Crippen LogP contribution in [0.5, 0.6) is 0 Å². The van der Waals surface area contributed by atoms with E-state index in [2.05, 4.69) is 27.5 Å². The smallest absolute Gasteiger partial charge is 0.0794 e. The maximum Gasteiger partial charge on any atom is 0.0794 e. The zero-order valence-corrected chi connectivity index (χ0v) is 12.4. The number of rotatable bonds is 13. The molecule has 0 aromatic heterocycles. The van der Waals surface area contributed by atoms with Gasteiger partial charge in [-0.3, -0.25) is 11.3 Å². The van der Waals surface area contributed by atoms with E-state index in [-0.39, 0.29) is 0 Å². The molecule has 0 saturated carbocycles. The molecule has 0 aliphatic heterocycles. The molecule has 0 rings (SSSR count). The monoisotopic (exact) mass is 366 g/mol. The van der Waals surface area contributed by atoms with Crippen molar-refractivity contribution >= 4 is 28.5 Å². The Labute approximate surface area is 111 Å². The second-order valence-corrected chi connectivity index (χ2v) is 4.48. The second-order valence-electron chi connectivity index (χ2n) is 2.72. The van der Waals surface area contributed by atoms with Crippen molar-refractivity contribution in [3.8, 4) is 0 Å². The van der Waals surface area contributed by atoms with Gasteiger partial charge in [0.1, 0.15) is 0 Å². The van der Waals surface area contributed by atoms with Gasteiger partial charge >= 0.3 is 0 Å². The SMILES string of the molecule is NNCCOCCOCCOCCOPI. The normalized spacial score (nSPS) is 11.6. The van der Waals surface area contributed by atoms with Crippen LogP contribution < -0.4 is 11.3 Å². The van der Waals surface area contributed by atoms with Crippen molar-refractivity contribution in [2.24, 2.45) is 5.84 Å². The van der Waals surface area contributed by atoms with Gasteiger partial charge in [0, 0.05) is 6.54 Å². The summed E-state index contributed by atoms with van der Waals surface area (Å²) >= 11 is 2.18. The number of nitrogens with one attached hydrogen (secondary N) is 1. The lowest BCUT2D eigenvalue weighted by molar-refractivity contribution is 0.0108. The van der Waals surface area contributed by atoms with E-state index in [9.17, 15) is 0 Å². The van der Waals surface area contributed by atoms with Crippen LogP contribution in [-0.2, 0) is 18.7 Å². The molecule has 0 heterocycles. The molecule has 0 aliphatic carbocycles. The molecule has 16 heavy (non-hydrogen) atoms. The van der Waals surface area contributed by atoms with E-state index in [1.165, 1.54) is 0 Å². The maximum atomic E-state index is 5.28. The van der Waals surface area contributed by atoms with Gasteiger partial charge in [0.15, 0.2) is 0 Å². The first kappa shape index (κ1) is 16.9. The van der Waals surface area contributed by atoms with Crippen LogP contribution in [0.3, 0.4) is 0 Å². The Morgan fingerprint density at radius 2 is 1.38 bits per heavy atom. The number of hydrogen-bond donors (Lipinski definition) is 2. The van der Waals surface area contributed by atoms with Crippen LogP contribution in [0.15, 0.2) is 0 Å². The predicted octanol–water partition coefficient (Wildman–Crippen LogP) is 0.460. The van der Waals surface area contributed by atoms with Crippen LogP contribution in [0.4, 0.5) is 0 Å². The zero-order valence-electron chi connectivity index (χ0n) is 9.25. The van der Waals surface area contributed by atoms with E-state index in [0.29, 0.717) is 59.2 Å². The van der Waals surface area contributed by atoms with Crippen LogP contribution in [0.2, 0.25) is 0 Å². The lowest BCUT2D eigenvalue weighted by Crippen LogP contribution is -2.26. The van der Waals surface area contributed by atoms with Crippen LogP contribution in [0.1, 0.15) is 0 Å². The Bertz CT molecular complexity index is 123. The number of hydrazine groups is 1. The van der Waals surface area contributed by atoms with Gasteiger partial charge in [-0.2, -0.15) is 0 Å². The highest BCUT2D eigenvalue weighted by Crippen LogP contribution is 2.20. The molecular formula is C8H20IN2O4P. The average Bonchev–Trinajstić information content (AvgIpc) is 2.31. The van der Waals surface area contributed by atoms with Gasteiger partial charge in [0.05, 0.1) is 52.7 Å². The number of ether oxygens (including phenoxy) is 3. The summed E-state index contributed by atoms with van der Waals surface area (Å²) in [7, 11) is 0. The van der Waals surface area contributed by atoms with E-state index < -0.39 is 0 Å². The Kier molecular flexibility index (Phi) is 16.8. The highest BCUT2D eigenvalue weighted by molar-refractivity contribution is 14.2. The number of nitrogens with two attached hydrogens (primary N) is 1. The molecule has 0 aromatic carbocycles. The van der Waals surface area contributed by atoms with E-state index >= 15 is 0 Å². The minimum Gasteiger partial charge on any atom is -0.378 e. The fourth-order valence-electron chi connectivity index (χ4n) is 0.812. The molecule has 0 fully saturated rings. The summed E-state index contributed by atoms with van der Waals surface area (Å²) in [4.78, 5) is 0. The molecule has 0 spiro atoms. The van der Waals surface area contributed by atoms with Gasteiger partial charge in [0.25, 0.3) is 0 Å². The van der Waals surface area contributed by atoms with Gasteiger partial charge in [0.2, 0.25) is 0 Å². The zero-order chi connectivity index (χ0) is 11.9. The largest absolute Gasteiger partial charge is 0.378 e. The van der Waals surface area contributed by atoms with E-state index in [0.717, 1.165) is 0 Å². The fraction of sp³-hybridized carbons (Fsp3) is 1.00. The van der Waals surface area contributed by atoms with Crippen molar-refractivity contribution in [3.63, 3.8) is 0 Å². The quantitative estimate of drug-likeness (QED) is 0.162. The highest BCUT2D eigenvalue weighted by atomic mass is 127. The first-order chi connectivity index (χ1) is 7.91. The molecule has 0 bridgehead atoms. The Hall–Kier alpha value is 0.920. The molecule has 0 amide bonds. The van der Waals surface area contributed by atoms with E-state index in [1.54, 1.807) is 0 Å². The predicted molar refractivity (Wildman–Crippen MR) is 72.9 cm³/mol. The Morgan fingerprint density at radius 1 is 0.875 bits per heavy atom. The fourth-order valence-corrected chi connectivity index (χ4v) is 1.63. The molecule has 0 saturated heterocycles. The summed E-state index contributed by atoms with van der Waals surface area (Å²) in [6.07, 6.45) is 0. The third kappa shape index (κ3) is 14.9. The molecule has 8 heteroatoms. The third-order valence-electron chi connectivity index (χ3n) is 1.52. The van der Waals surface area contributed by atoms with Crippen LogP contribution in [0.25, 0.3) is 0 Å². The van der Waals surface area contributed by atoms with Gasteiger partial charge in [-0.25, -0.2) is 0 Å². The van der Waals surface area contributed by atoms with Crippen LogP contribution in [-0.4, -0.2) is 52.8 Å². The standard InChI is InChI=1S/C8H20IN2O4P/c9-16-15-8-7-14-6-5-13-4-3-12-2-1-11-10/h11,16H,1-8,10H2. The second kappa shape index (κ2) is 15.9. The molecule has 3 N–H and O–H groups in total. The third-order valence-corrected chi connectivity index (χ3v) is 2.77. The lowest BCUT2D eigenvalue weighted by Gasteiger charge is -2.06. The molecule has 0 radical (unpaired) electrons. The van der Waals surface area contributed by atoms with Crippen LogP contribution in [0, 0.1) is 0 Å². The highest BCUT2D eigenvalue weighted by Gasteiger charge is 1.91. The first-order valence-electron chi connectivity index (χ1n) is 5.06. The maximum absolute atomic E-state index is 5.28. The van der Waals surface area contributed by atoms with E-state index in [4.69, 9.17) is 24.6 Å². The number of halogens is 1. The molecule has 6 nitrogen and oxygen atoms in total. The summed E-state index contributed by atoms with van der Waals surface area (Å²) < 4.78 is 20.9. The van der Waals surface area contributed by atoms with E-state index in [1.807, 2.05) is 0 Å². The first-order valence-corrected chi connectivity index (χ1v) is 9.08. The minimum atomic E-state index is 0.498. The minimum absolute atomic E-state index is 0.498. The molecule has 98 valence electrons. The Balaban J connectivity index is 2.83. The lowest BCUT2D eigenvalue weighted by atomic mass is 10.7. The van der Waals surface area contributed by atoms with Gasteiger partial charge < -0.3 is 18.7 Å². The van der Waals surface area contributed by atoms with Crippen molar-refractivity contribution in [1.82, 2.24) is 5.43 Å². The van der Waals surface area contributed by atoms with Crippen molar-refractivity contribution in [2.75, 3.05) is 52.8 Å². The molecule has 0 aromatic rings. The molecular weight excluding hydrogens is 346 g/mol. The summed E-state index contributed by atoms with van der Waals surface area (Å²) in [5, 5.41) is 0. The summed E-state index contributed by atoms with van der Waals surface area (Å²) in [5.74, 6) is 5.07. The van der Waals surface area contributed by atoms with Crippen molar-refractivity contribution in [1.29, 1.82) is 0 Å². The summed E-state index contributed by atoms with van der Waals surface area (Å²) in [5.41, 5.74) is 2.51. The van der Waals surface area contributed by atoms with Gasteiger partial charge in [-0.1, -0.05) is 0 Å². The molecule has 1 unspecified atom stereocenters. The van der Waals surface area contributed by atoms with Crippen molar-refractivity contribution < 1.29 is 18.7 Å². The number of hydrogen-bond acceptors (Lipinski definition) is 6. The van der Waals surface area contributed by atoms with Crippen molar-refractivity contribution in [2.45, 2.75) is 0 Å².